The summed E-state index contributed by atoms with van der Waals surface area (Å²) in [5, 5.41) is 8.56. The number of halogens is 1. The van der Waals surface area contributed by atoms with E-state index in [2.05, 4.69) is 20.2 Å². The normalized spacial score (nSPS) is 19.9. The molecule has 2 saturated heterocycles. The van der Waals surface area contributed by atoms with Crippen LogP contribution in [-0.4, -0.2) is 61.9 Å². The average molecular weight is 445 g/mol. The Morgan fingerprint density at radius 3 is 2.48 bits per heavy atom. The fourth-order valence-electron chi connectivity index (χ4n) is 4.92. The average Bonchev–Trinajstić information content (AvgIpc) is 3.56. The number of amides is 1. The zero-order valence-corrected chi connectivity index (χ0v) is 17.6. The van der Waals surface area contributed by atoms with Crippen molar-refractivity contribution in [2.45, 2.75) is 0 Å². The molecule has 0 radical (unpaired) electrons. The Bertz CT molecular complexity index is 1400. The fourth-order valence-corrected chi connectivity index (χ4v) is 4.92. The number of para-hydroxylation sites is 1. The van der Waals surface area contributed by atoms with Gasteiger partial charge in [-0.25, -0.2) is 9.37 Å². The molecule has 10 heteroatoms. The van der Waals surface area contributed by atoms with Crippen LogP contribution < -0.4 is 10.5 Å². The van der Waals surface area contributed by atoms with E-state index in [1.165, 1.54) is 23.0 Å². The molecule has 2 fully saturated rings. The van der Waals surface area contributed by atoms with E-state index in [0.29, 0.717) is 48.9 Å². The SMILES string of the molecule is O=C(c1ccccc1-n1nccn1)N1CC2CN(c3nc4ccc(F)cc4c(=O)[nH]3)CC2C1. The van der Waals surface area contributed by atoms with Crippen LogP contribution in [0.3, 0.4) is 0 Å². The van der Waals surface area contributed by atoms with Crippen molar-refractivity contribution in [3.8, 4) is 5.69 Å². The van der Waals surface area contributed by atoms with E-state index < -0.39 is 5.82 Å². The highest BCUT2D eigenvalue weighted by Gasteiger charge is 2.42. The van der Waals surface area contributed by atoms with E-state index in [1.54, 1.807) is 18.5 Å². The fraction of sp³-hybridized carbons (Fsp3) is 0.261. The van der Waals surface area contributed by atoms with E-state index in [0.717, 1.165) is 0 Å². The molecule has 4 heterocycles. The number of H-pyrrole nitrogens is 1. The summed E-state index contributed by atoms with van der Waals surface area (Å²) in [6.45, 7) is 2.63. The highest BCUT2D eigenvalue weighted by atomic mass is 19.1. The molecule has 2 aliphatic heterocycles. The molecule has 166 valence electrons. The van der Waals surface area contributed by atoms with Gasteiger partial charge in [-0.2, -0.15) is 15.0 Å². The second kappa shape index (κ2) is 7.51. The lowest BCUT2D eigenvalue weighted by molar-refractivity contribution is 0.0782. The van der Waals surface area contributed by atoms with Crippen LogP contribution >= 0.6 is 0 Å². The number of anilines is 1. The number of carbonyl (C=O) groups excluding carboxylic acids is 1. The summed E-state index contributed by atoms with van der Waals surface area (Å²) in [5.74, 6) is 0.536. The monoisotopic (exact) mass is 445 g/mol. The first-order valence-electron chi connectivity index (χ1n) is 10.8. The van der Waals surface area contributed by atoms with Crippen molar-refractivity contribution in [1.29, 1.82) is 0 Å². The lowest BCUT2D eigenvalue weighted by atomic mass is 10.0. The third-order valence-electron chi connectivity index (χ3n) is 6.50. The van der Waals surface area contributed by atoms with Gasteiger partial charge in [-0.05, 0) is 30.3 Å². The van der Waals surface area contributed by atoms with Crippen molar-refractivity contribution >= 4 is 22.8 Å². The van der Waals surface area contributed by atoms with Gasteiger partial charge in [-0.3, -0.25) is 14.6 Å². The maximum absolute atomic E-state index is 13.5. The molecule has 6 rings (SSSR count). The van der Waals surface area contributed by atoms with Crippen LogP contribution in [0.4, 0.5) is 10.3 Å². The maximum atomic E-state index is 13.5. The number of aromatic amines is 1. The number of rotatable bonds is 3. The Morgan fingerprint density at radius 1 is 1.00 bits per heavy atom. The lowest BCUT2D eigenvalue weighted by Gasteiger charge is -2.23. The molecule has 0 spiro atoms. The Morgan fingerprint density at radius 2 is 1.73 bits per heavy atom. The maximum Gasteiger partial charge on any atom is 0.260 e. The zero-order valence-electron chi connectivity index (χ0n) is 17.6. The molecule has 2 aliphatic rings. The van der Waals surface area contributed by atoms with Crippen LogP contribution in [0.2, 0.25) is 0 Å². The van der Waals surface area contributed by atoms with Gasteiger partial charge in [0.05, 0.1) is 34.5 Å². The van der Waals surface area contributed by atoms with Crippen LogP contribution in [0.1, 0.15) is 10.4 Å². The Labute approximate surface area is 187 Å². The highest BCUT2D eigenvalue weighted by Crippen LogP contribution is 2.34. The molecular formula is C23H20FN7O2. The van der Waals surface area contributed by atoms with Crippen LogP contribution in [0.15, 0.2) is 59.7 Å². The number of fused-ring (bicyclic) bond motifs is 2. The lowest BCUT2D eigenvalue weighted by Crippen LogP contribution is -2.34. The van der Waals surface area contributed by atoms with Gasteiger partial charge in [0.2, 0.25) is 5.95 Å². The van der Waals surface area contributed by atoms with Crippen LogP contribution in [0, 0.1) is 17.7 Å². The van der Waals surface area contributed by atoms with Gasteiger partial charge in [0.25, 0.3) is 11.5 Å². The topological polar surface area (TPSA) is 100 Å². The van der Waals surface area contributed by atoms with Crippen molar-refractivity contribution in [2.24, 2.45) is 11.8 Å². The second-order valence-corrected chi connectivity index (χ2v) is 8.52. The molecule has 0 aliphatic carbocycles. The standard InChI is InChI=1S/C23H20FN7O2/c24-16-5-6-19-18(9-16)21(32)28-23(27-19)30-12-14-10-29(11-15(14)13-30)22(33)17-3-1-2-4-20(17)31-25-7-8-26-31/h1-9,14-15H,10-13H2,(H,27,28,32). The van der Waals surface area contributed by atoms with E-state index in [-0.39, 0.29) is 28.7 Å². The molecule has 2 unspecified atom stereocenters. The molecule has 0 bridgehead atoms. The predicted molar refractivity (Wildman–Crippen MR) is 119 cm³/mol. The number of aromatic nitrogens is 5. The van der Waals surface area contributed by atoms with E-state index in [9.17, 15) is 14.0 Å². The summed E-state index contributed by atoms with van der Waals surface area (Å²) in [6.07, 6.45) is 3.16. The Balaban J connectivity index is 1.20. The Kier molecular flexibility index (Phi) is 4.46. The molecule has 2 atom stereocenters. The number of hydrogen-bond acceptors (Lipinski definition) is 6. The number of carbonyl (C=O) groups is 1. The largest absolute Gasteiger partial charge is 0.342 e. The molecule has 4 aromatic rings. The molecule has 1 amide bonds. The molecule has 1 N–H and O–H groups in total. The van der Waals surface area contributed by atoms with E-state index >= 15 is 0 Å². The molecule has 2 aromatic carbocycles. The minimum atomic E-state index is -0.465. The highest BCUT2D eigenvalue weighted by molar-refractivity contribution is 5.98. The van der Waals surface area contributed by atoms with Gasteiger partial charge >= 0.3 is 0 Å². The number of likely N-dealkylation sites (tertiary alicyclic amines) is 1. The van der Waals surface area contributed by atoms with E-state index in [4.69, 9.17) is 0 Å². The van der Waals surface area contributed by atoms with Crippen molar-refractivity contribution in [1.82, 2.24) is 29.9 Å². The molecule has 9 nitrogen and oxygen atoms in total. The zero-order chi connectivity index (χ0) is 22.5. The number of nitrogens with one attached hydrogen (secondary N) is 1. The number of benzene rings is 2. The van der Waals surface area contributed by atoms with E-state index in [1.807, 2.05) is 28.0 Å². The summed E-state index contributed by atoms with van der Waals surface area (Å²) in [4.78, 5) is 38.5. The van der Waals surface area contributed by atoms with Crippen LogP contribution in [-0.2, 0) is 0 Å². The first-order valence-corrected chi connectivity index (χ1v) is 10.8. The van der Waals surface area contributed by atoms with Gasteiger partial charge in [0.1, 0.15) is 5.82 Å². The van der Waals surface area contributed by atoms with Gasteiger partial charge in [-0.1, -0.05) is 12.1 Å². The summed E-state index contributed by atoms with van der Waals surface area (Å²) >= 11 is 0. The van der Waals surface area contributed by atoms with Crippen molar-refractivity contribution in [3.63, 3.8) is 0 Å². The first-order chi connectivity index (χ1) is 16.1. The first kappa shape index (κ1) is 19.6. The third-order valence-corrected chi connectivity index (χ3v) is 6.50. The summed E-state index contributed by atoms with van der Waals surface area (Å²) in [6, 6.07) is 11.4. The summed E-state index contributed by atoms with van der Waals surface area (Å²) in [7, 11) is 0. The smallest absolute Gasteiger partial charge is 0.260 e. The van der Waals surface area contributed by atoms with Crippen molar-refractivity contribution in [3.05, 3.63) is 76.6 Å². The van der Waals surface area contributed by atoms with Gasteiger partial charge in [0.15, 0.2) is 0 Å². The quantitative estimate of drug-likeness (QED) is 0.517. The van der Waals surface area contributed by atoms with Gasteiger partial charge in [0, 0.05) is 38.0 Å². The van der Waals surface area contributed by atoms with Crippen LogP contribution in [0.5, 0.6) is 0 Å². The molecule has 2 aromatic heterocycles. The third kappa shape index (κ3) is 3.34. The molecule has 33 heavy (non-hydrogen) atoms. The summed E-state index contributed by atoms with van der Waals surface area (Å²) < 4.78 is 13.5. The predicted octanol–water partition coefficient (Wildman–Crippen LogP) is 1.85. The molecular weight excluding hydrogens is 425 g/mol. The summed E-state index contributed by atoms with van der Waals surface area (Å²) in [5.41, 5.74) is 1.33. The molecule has 0 saturated carbocycles. The van der Waals surface area contributed by atoms with Crippen molar-refractivity contribution in [2.75, 3.05) is 31.1 Å². The number of nitrogens with zero attached hydrogens (tertiary/aromatic N) is 6. The minimum Gasteiger partial charge on any atom is -0.342 e. The van der Waals surface area contributed by atoms with Crippen molar-refractivity contribution < 1.29 is 9.18 Å². The van der Waals surface area contributed by atoms with Gasteiger partial charge < -0.3 is 9.80 Å². The second-order valence-electron chi connectivity index (χ2n) is 8.52. The Hall–Kier alpha value is -4.08. The number of hydrogen-bond donors (Lipinski definition) is 1. The van der Waals surface area contributed by atoms with Crippen LogP contribution in [0.25, 0.3) is 16.6 Å². The minimum absolute atomic E-state index is 0.0388. The van der Waals surface area contributed by atoms with Gasteiger partial charge in [-0.15, -0.1) is 0 Å².